The number of hydrogen-bond acceptors (Lipinski definition) is 3. The summed E-state index contributed by atoms with van der Waals surface area (Å²) in [5, 5.41) is 10.2. The molecule has 3 aromatic rings. The van der Waals surface area contributed by atoms with Crippen LogP contribution in [0.2, 0.25) is 0 Å². The van der Waals surface area contributed by atoms with Crippen LogP contribution in [0.4, 0.5) is 0 Å². The predicted octanol–water partition coefficient (Wildman–Crippen LogP) is 4.21. The zero-order valence-electron chi connectivity index (χ0n) is 11.0. The molecule has 0 saturated carbocycles. The number of pyridine rings is 1. The van der Waals surface area contributed by atoms with Gasteiger partial charge in [-0.05, 0) is 30.7 Å². The molecule has 0 fully saturated rings. The second kappa shape index (κ2) is 5.02. The molecule has 20 heavy (non-hydrogen) atoms. The van der Waals surface area contributed by atoms with E-state index in [0.29, 0.717) is 17.1 Å². The second-order valence-electron chi connectivity index (χ2n) is 4.53. The van der Waals surface area contributed by atoms with Crippen molar-refractivity contribution >= 4 is 10.9 Å². The van der Waals surface area contributed by atoms with E-state index in [1.165, 1.54) is 0 Å². The Balaban J connectivity index is 2.04. The van der Waals surface area contributed by atoms with Crippen LogP contribution in [0, 0.1) is 18.3 Å². The average molecular weight is 260 g/mol. The van der Waals surface area contributed by atoms with Gasteiger partial charge in [0.15, 0.2) is 0 Å². The van der Waals surface area contributed by atoms with Crippen molar-refractivity contribution in [3.63, 3.8) is 0 Å². The second-order valence-corrected chi connectivity index (χ2v) is 4.53. The Morgan fingerprint density at radius 2 is 1.95 bits per heavy atom. The quantitative estimate of drug-likeness (QED) is 0.693. The van der Waals surface area contributed by atoms with Gasteiger partial charge in [0.2, 0.25) is 0 Å². The SMILES string of the molecule is Cc1cccc(C#N)c1Oc1cnc2ccccc2c1. The van der Waals surface area contributed by atoms with Crippen molar-refractivity contribution in [2.24, 2.45) is 0 Å². The van der Waals surface area contributed by atoms with Crippen LogP contribution in [0.1, 0.15) is 11.1 Å². The van der Waals surface area contributed by atoms with E-state index in [1.54, 1.807) is 12.3 Å². The average Bonchev–Trinajstić information content (AvgIpc) is 2.49. The molecule has 0 N–H and O–H groups in total. The number of aromatic nitrogens is 1. The van der Waals surface area contributed by atoms with Gasteiger partial charge in [0.25, 0.3) is 0 Å². The molecule has 1 aromatic heterocycles. The van der Waals surface area contributed by atoms with Crippen molar-refractivity contribution in [2.45, 2.75) is 6.92 Å². The highest BCUT2D eigenvalue weighted by atomic mass is 16.5. The van der Waals surface area contributed by atoms with E-state index in [0.717, 1.165) is 16.5 Å². The van der Waals surface area contributed by atoms with Crippen LogP contribution in [-0.4, -0.2) is 4.98 Å². The molecule has 0 radical (unpaired) electrons. The first-order valence-electron chi connectivity index (χ1n) is 6.30. The number of benzene rings is 2. The van der Waals surface area contributed by atoms with Gasteiger partial charge in [0.1, 0.15) is 17.6 Å². The van der Waals surface area contributed by atoms with Gasteiger partial charge >= 0.3 is 0 Å². The molecule has 0 bridgehead atoms. The highest BCUT2D eigenvalue weighted by Crippen LogP contribution is 2.29. The van der Waals surface area contributed by atoms with Crippen molar-refractivity contribution in [3.05, 3.63) is 65.9 Å². The fourth-order valence-electron chi connectivity index (χ4n) is 2.10. The summed E-state index contributed by atoms with van der Waals surface area (Å²) in [5.74, 6) is 1.22. The van der Waals surface area contributed by atoms with Crippen LogP contribution in [-0.2, 0) is 0 Å². The smallest absolute Gasteiger partial charge is 0.148 e. The summed E-state index contributed by atoms with van der Waals surface area (Å²) >= 11 is 0. The molecule has 3 rings (SSSR count). The lowest BCUT2D eigenvalue weighted by Gasteiger charge is -2.10. The predicted molar refractivity (Wildman–Crippen MR) is 77.7 cm³/mol. The molecule has 96 valence electrons. The van der Waals surface area contributed by atoms with Gasteiger partial charge in [0.05, 0.1) is 17.3 Å². The molecule has 0 aliphatic heterocycles. The normalized spacial score (nSPS) is 10.2. The Hall–Kier alpha value is -2.86. The highest BCUT2D eigenvalue weighted by molar-refractivity contribution is 5.79. The monoisotopic (exact) mass is 260 g/mol. The van der Waals surface area contributed by atoms with Crippen LogP contribution in [0.5, 0.6) is 11.5 Å². The van der Waals surface area contributed by atoms with Gasteiger partial charge in [-0.25, -0.2) is 0 Å². The van der Waals surface area contributed by atoms with E-state index < -0.39 is 0 Å². The van der Waals surface area contributed by atoms with Gasteiger partial charge in [-0.2, -0.15) is 5.26 Å². The summed E-state index contributed by atoms with van der Waals surface area (Å²) in [6.45, 7) is 1.92. The van der Waals surface area contributed by atoms with Gasteiger partial charge in [-0.15, -0.1) is 0 Å². The van der Waals surface area contributed by atoms with E-state index in [2.05, 4.69) is 11.1 Å². The number of ether oxygens (including phenoxy) is 1. The van der Waals surface area contributed by atoms with Crippen molar-refractivity contribution < 1.29 is 4.74 Å². The standard InChI is InChI=1S/C17H12N2O/c1-12-5-4-7-14(10-18)17(12)20-15-9-13-6-2-3-8-16(13)19-11-15/h2-9,11H,1H3. The first-order chi connectivity index (χ1) is 9.78. The molecule has 0 spiro atoms. The van der Waals surface area contributed by atoms with Crippen LogP contribution < -0.4 is 4.74 Å². The van der Waals surface area contributed by atoms with E-state index in [-0.39, 0.29) is 0 Å². The summed E-state index contributed by atoms with van der Waals surface area (Å²) in [7, 11) is 0. The summed E-state index contributed by atoms with van der Waals surface area (Å²) in [6, 6.07) is 17.4. The van der Waals surface area contributed by atoms with Gasteiger partial charge < -0.3 is 4.74 Å². The van der Waals surface area contributed by atoms with E-state index >= 15 is 0 Å². The third kappa shape index (κ3) is 2.19. The molecular formula is C17H12N2O. The molecule has 3 nitrogen and oxygen atoms in total. The lowest BCUT2D eigenvalue weighted by Crippen LogP contribution is -1.92. The number of hydrogen-bond donors (Lipinski definition) is 0. The summed E-state index contributed by atoms with van der Waals surface area (Å²) < 4.78 is 5.85. The third-order valence-electron chi connectivity index (χ3n) is 3.12. The molecule has 0 unspecified atom stereocenters. The molecule has 1 heterocycles. The number of rotatable bonds is 2. The Morgan fingerprint density at radius 1 is 1.10 bits per heavy atom. The Kier molecular flexibility index (Phi) is 3.06. The molecular weight excluding hydrogens is 248 g/mol. The molecule has 2 aromatic carbocycles. The van der Waals surface area contributed by atoms with Crippen molar-refractivity contribution in [1.82, 2.24) is 4.98 Å². The fourth-order valence-corrected chi connectivity index (χ4v) is 2.10. The largest absolute Gasteiger partial charge is 0.454 e. The summed E-state index contributed by atoms with van der Waals surface area (Å²) in [5.41, 5.74) is 2.38. The maximum Gasteiger partial charge on any atom is 0.148 e. The molecule has 0 aliphatic carbocycles. The number of para-hydroxylation sites is 2. The van der Waals surface area contributed by atoms with Crippen LogP contribution in [0.3, 0.4) is 0 Å². The zero-order valence-corrected chi connectivity index (χ0v) is 11.0. The minimum Gasteiger partial charge on any atom is -0.454 e. The first-order valence-corrected chi connectivity index (χ1v) is 6.30. The summed E-state index contributed by atoms with van der Waals surface area (Å²) in [6.07, 6.45) is 1.68. The van der Waals surface area contributed by atoms with Gasteiger partial charge in [-0.3, -0.25) is 4.98 Å². The zero-order chi connectivity index (χ0) is 13.9. The van der Waals surface area contributed by atoms with Crippen molar-refractivity contribution in [3.8, 4) is 17.6 Å². The number of nitrogens with zero attached hydrogens (tertiary/aromatic N) is 2. The van der Waals surface area contributed by atoms with E-state index in [4.69, 9.17) is 10.00 Å². The summed E-state index contributed by atoms with van der Waals surface area (Å²) in [4.78, 5) is 4.35. The van der Waals surface area contributed by atoms with Gasteiger partial charge in [0, 0.05) is 5.39 Å². The minimum absolute atomic E-state index is 0.526. The molecule has 0 amide bonds. The minimum atomic E-state index is 0.526. The highest BCUT2D eigenvalue weighted by Gasteiger charge is 2.08. The Labute approximate surface area is 117 Å². The number of aryl methyl sites for hydroxylation is 1. The lowest BCUT2D eigenvalue weighted by molar-refractivity contribution is 0.476. The molecule has 0 atom stereocenters. The van der Waals surface area contributed by atoms with Crippen LogP contribution in [0.15, 0.2) is 54.7 Å². The molecule has 3 heteroatoms. The molecule has 0 saturated heterocycles. The fraction of sp³-hybridized carbons (Fsp3) is 0.0588. The maximum absolute atomic E-state index is 9.15. The van der Waals surface area contributed by atoms with Gasteiger partial charge in [-0.1, -0.05) is 30.3 Å². The maximum atomic E-state index is 9.15. The van der Waals surface area contributed by atoms with Crippen molar-refractivity contribution in [1.29, 1.82) is 5.26 Å². The van der Waals surface area contributed by atoms with Crippen LogP contribution >= 0.6 is 0 Å². The van der Waals surface area contributed by atoms with Crippen molar-refractivity contribution in [2.75, 3.05) is 0 Å². The lowest BCUT2D eigenvalue weighted by atomic mass is 10.1. The van der Waals surface area contributed by atoms with E-state index in [9.17, 15) is 0 Å². The topological polar surface area (TPSA) is 45.9 Å². The Morgan fingerprint density at radius 3 is 2.80 bits per heavy atom. The molecule has 0 aliphatic rings. The van der Waals surface area contributed by atoms with Crippen LogP contribution in [0.25, 0.3) is 10.9 Å². The Bertz CT molecular complexity index is 819. The third-order valence-corrected chi connectivity index (χ3v) is 3.12. The number of nitriles is 1. The first kappa shape index (κ1) is 12.2. The van der Waals surface area contributed by atoms with E-state index in [1.807, 2.05) is 49.4 Å². The number of fused-ring (bicyclic) bond motifs is 1.